The number of carbonyl (C=O) groups excluding carboxylic acids is 5. The standard InChI is InChI=1S/C35H45N5O7/c1-20(2)30-32(43)37-22(4)33(44)40-18-6-7-28(39-40)31(42)36-21(3)27-11-10-25-9-8-24(19-29(25)38-27)12-15-35(34(45)47-30)16-13-26(14-17-35)46-23(5)41/h8-12,15,19-22,26,28,30,39H,6-7,13-14,16-18H2,1-5H3,(H,36,42)(H,37,43)/b15-12+/t21-,22+,26-,28+,30+,35-/m1/s1. The zero-order chi connectivity index (χ0) is 33.9. The monoisotopic (exact) mass is 647 g/mol. The molecule has 0 unspecified atom stereocenters. The molecule has 1 saturated carbocycles. The van der Waals surface area contributed by atoms with E-state index in [-0.39, 0.29) is 23.9 Å². The molecule has 5 rings (SSSR count). The minimum absolute atomic E-state index is 0.253. The van der Waals surface area contributed by atoms with Gasteiger partial charge in [0.25, 0.3) is 11.8 Å². The highest BCUT2D eigenvalue weighted by Gasteiger charge is 2.44. The van der Waals surface area contributed by atoms with Gasteiger partial charge in [0.1, 0.15) is 18.2 Å². The molecule has 1 aromatic carbocycles. The van der Waals surface area contributed by atoms with Gasteiger partial charge in [-0.2, -0.15) is 0 Å². The summed E-state index contributed by atoms with van der Waals surface area (Å²) in [7, 11) is 0. The molecule has 12 nitrogen and oxygen atoms in total. The van der Waals surface area contributed by atoms with Crippen LogP contribution in [-0.2, 0) is 33.4 Å². The zero-order valence-electron chi connectivity index (χ0n) is 27.7. The van der Waals surface area contributed by atoms with E-state index < -0.39 is 47.4 Å². The first kappa shape index (κ1) is 34.0. The second-order valence-corrected chi connectivity index (χ2v) is 13.3. The Balaban J connectivity index is 1.52. The van der Waals surface area contributed by atoms with Crippen molar-refractivity contribution in [1.29, 1.82) is 0 Å². The Hall–Kier alpha value is -4.32. The van der Waals surface area contributed by atoms with Crippen molar-refractivity contribution >= 4 is 46.6 Å². The van der Waals surface area contributed by atoms with Crippen molar-refractivity contribution in [2.75, 3.05) is 6.54 Å². The Kier molecular flexibility index (Phi) is 10.3. The Morgan fingerprint density at radius 2 is 1.70 bits per heavy atom. The lowest BCUT2D eigenvalue weighted by Crippen LogP contribution is -2.61. The zero-order valence-corrected chi connectivity index (χ0v) is 27.7. The maximum Gasteiger partial charge on any atom is 0.316 e. The van der Waals surface area contributed by atoms with Crippen molar-refractivity contribution in [2.45, 2.75) is 103 Å². The molecule has 4 atom stereocenters. The number of nitrogens with zero attached hydrogens (tertiary/aromatic N) is 2. The predicted molar refractivity (Wildman–Crippen MR) is 174 cm³/mol. The lowest BCUT2D eigenvalue weighted by Gasteiger charge is -2.37. The number of esters is 2. The van der Waals surface area contributed by atoms with E-state index in [0.29, 0.717) is 50.8 Å². The summed E-state index contributed by atoms with van der Waals surface area (Å²) in [5.74, 6) is -2.54. The summed E-state index contributed by atoms with van der Waals surface area (Å²) < 4.78 is 11.4. The highest BCUT2D eigenvalue weighted by Crippen LogP contribution is 2.41. The largest absolute Gasteiger partial charge is 0.463 e. The number of hydrogen-bond acceptors (Lipinski definition) is 9. The van der Waals surface area contributed by atoms with E-state index in [4.69, 9.17) is 14.5 Å². The SMILES string of the molecule is CC(=O)O[C@H]1CC[C@@]2(/C=C/c3ccc4ccc(nc4c3)[C@@H](C)NC(=O)[C@@H]3CCCN(N3)C(=O)[C@H](C)NC(=O)[C@H](C(C)C)OC2=O)CC1. The quantitative estimate of drug-likeness (QED) is 0.415. The van der Waals surface area contributed by atoms with Crippen molar-refractivity contribution in [1.82, 2.24) is 26.1 Å². The number of nitrogens with one attached hydrogen (secondary N) is 3. The molecule has 2 aromatic rings. The Morgan fingerprint density at radius 1 is 1.00 bits per heavy atom. The van der Waals surface area contributed by atoms with Gasteiger partial charge in [0, 0.05) is 18.9 Å². The molecular weight excluding hydrogens is 602 g/mol. The molecule has 3 aliphatic rings. The highest BCUT2D eigenvalue weighted by atomic mass is 16.6. The number of pyridine rings is 1. The van der Waals surface area contributed by atoms with Gasteiger partial charge < -0.3 is 20.1 Å². The molecule has 1 spiro atoms. The molecule has 2 fully saturated rings. The first-order chi connectivity index (χ1) is 22.3. The molecule has 252 valence electrons. The van der Waals surface area contributed by atoms with Gasteiger partial charge in [-0.3, -0.25) is 34.0 Å². The van der Waals surface area contributed by atoms with Crippen molar-refractivity contribution in [3.8, 4) is 0 Å². The average Bonchev–Trinajstić information content (AvgIpc) is 3.05. The fraction of sp³-hybridized carbons (Fsp3) is 0.543. The smallest absolute Gasteiger partial charge is 0.316 e. The van der Waals surface area contributed by atoms with Crippen LogP contribution in [0.15, 0.2) is 36.4 Å². The fourth-order valence-corrected chi connectivity index (χ4v) is 6.49. The second-order valence-electron chi connectivity index (χ2n) is 13.3. The third kappa shape index (κ3) is 7.81. The Bertz CT molecular complexity index is 1560. The van der Waals surface area contributed by atoms with E-state index in [1.165, 1.54) is 11.9 Å². The molecule has 2 aliphatic heterocycles. The average molecular weight is 648 g/mol. The van der Waals surface area contributed by atoms with Crippen LogP contribution in [0.2, 0.25) is 0 Å². The van der Waals surface area contributed by atoms with Crippen LogP contribution in [-0.4, -0.2) is 70.5 Å². The Morgan fingerprint density at radius 3 is 2.40 bits per heavy atom. The summed E-state index contributed by atoms with van der Waals surface area (Å²) in [6.45, 7) is 8.72. The third-order valence-corrected chi connectivity index (χ3v) is 9.29. The van der Waals surface area contributed by atoms with E-state index in [9.17, 15) is 24.0 Å². The summed E-state index contributed by atoms with van der Waals surface area (Å²) >= 11 is 0. The molecular formula is C35H45N5O7. The first-order valence-electron chi connectivity index (χ1n) is 16.5. The van der Waals surface area contributed by atoms with Crippen LogP contribution in [0.5, 0.6) is 0 Å². The lowest BCUT2D eigenvalue weighted by atomic mass is 9.72. The molecule has 12 heteroatoms. The van der Waals surface area contributed by atoms with Crippen LogP contribution in [0.3, 0.4) is 0 Å². The Labute approximate surface area is 275 Å². The lowest BCUT2D eigenvalue weighted by molar-refractivity contribution is -0.169. The molecule has 5 bridgehead atoms. The minimum atomic E-state index is -1.15. The number of carbonyl (C=O) groups is 5. The maximum absolute atomic E-state index is 14.1. The fourth-order valence-electron chi connectivity index (χ4n) is 6.49. The third-order valence-electron chi connectivity index (χ3n) is 9.29. The van der Waals surface area contributed by atoms with Crippen molar-refractivity contribution < 1.29 is 33.4 Å². The van der Waals surface area contributed by atoms with Crippen molar-refractivity contribution in [3.05, 3.63) is 47.7 Å². The number of ether oxygens (including phenoxy) is 2. The summed E-state index contributed by atoms with van der Waals surface area (Å²) in [6, 6.07) is 7.66. The second kappa shape index (κ2) is 14.2. The van der Waals surface area contributed by atoms with Gasteiger partial charge in [0.15, 0.2) is 6.10 Å². The summed E-state index contributed by atoms with van der Waals surface area (Å²) in [4.78, 5) is 70.7. The first-order valence-corrected chi connectivity index (χ1v) is 16.5. The van der Waals surface area contributed by atoms with Gasteiger partial charge in [0.2, 0.25) is 5.91 Å². The summed E-state index contributed by atoms with van der Waals surface area (Å²) in [5.41, 5.74) is 4.19. The van der Waals surface area contributed by atoms with Gasteiger partial charge in [-0.05, 0) is 76.0 Å². The molecule has 47 heavy (non-hydrogen) atoms. The van der Waals surface area contributed by atoms with Crippen LogP contribution in [0.25, 0.3) is 17.0 Å². The number of aromatic nitrogens is 1. The molecule has 0 radical (unpaired) electrons. The molecule has 1 saturated heterocycles. The number of rotatable bonds is 2. The highest BCUT2D eigenvalue weighted by molar-refractivity contribution is 5.92. The van der Waals surface area contributed by atoms with E-state index in [1.807, 2.05) is 49.4 Å². The van der Waals surface area contributed by atoms with Gasteiger partial charge in [0.05, 0.1) is 22.7 Å². The number of hydrazine groups is 1. The molecule has 1 aliphatic carbocycles. The van der Waals surface area contributed by atoms with Crippen LogP contribution >= 0.6 is 0 Å². The van der Waals surface area contributed by atoms with Gasteiger partial charge in [-0.15, -0.1) is 0 Å². The maximum atomic E-state index is 14.1. The van der Waals surface area contributed by atoms with Crippen molar-refractivity contribution in [2.24, 2.45) is 11.3 Å². The molecule has 3 N–H and O–H groups in total. The van der Waals surface area contributed by atoms with Crippen LogP contribution < -0.4 is 16.1 Å². The minimum Gasteiger partial charge on any atom is -0.463 e. The van der Waals surface area contributed by atoms with E-state index in [1.54, 1.807) is 20.8 Å². The predicted octanol–water partition coefficient (Wildman–Crippen LogP) is 3.50. The van der Waals surface area contributed by atoms with Crippen molar-refractivity contribution in [3.63, 3.8) is 0 Å². The molecule has 1 aromatic heterocycles. The van der Waals surface area contributed by atoms with E-state index >= 15 is 0 Å². The number of benzene rings is 1. The molecule has 3 heterocycles. The number of cyclic esters (lactones) is 1. The number of fused-ring (bicyclic) bond motifs is 4. The van der Waals surface area contributed by atoms with Crippen LogP contribution in [0, 0.1) is 11.3 Å². The van der Waals surface area contributed by atoms with Gasteiger partial charge in [-0.25, -0.2) is 5.43 Å². The van der Waals surface area contributed by atoms with Gasteiger partial charge >= 0.3 is 11.9 Å². The van der Waals surface area contributed by atoms with Crippen LogP contribution in [0.1, 0.15) is 90.4 Å². The van der Waals surface area contributed by atoms with Gasteiger partial charge in [-0.1, -0.05) is 44.2 Å². The molecule has 3 amide bonds. The van der Waals surface area contributed by atoms with E-state index in [2.05, 4.69) is 16.1 Å². The normalized spacial score (nSPS) is 30.1. The van der Waals surface area contributed by atoms with E-state index in [0.717, 1.165) is 16.5 Å². The van der Waals surface area contributed by atoms with Crippen LogP contribution in [0.4, 0.5) is 0 Å². The number of amides is 3. The topological polar surface area (TPSA) is 156 Å². The number of hydrogen-bond donors (Lipinski definition) is 3. The summed E-state index contributed by atoms with van der Waals surface area (Å²) in [5, 5.41) is 8.05. The summed E-state index contributed by atoms with van der Waals surface area (Å²) in [6.07, 6.45) is 5.00.